The summed E-state index contributed by atoms with van der Waals surface area (Å²) in [5.74, 6) is -1.94. The average molecular weight is 202 g/mol. The molecule has 0 heterocycles. The fraction of sp³-hybridized carbons (Fsp3) is 0.111. The molecule has 0 fully saturated rings. The first-order valence-electron chi connectivity index (χ1n) is 3.62. The van der Waals surface area contributed by atoms with Gasteiger partial charge in [-0.3, -0.25) is 9.59 Å². The topological polar surface area (TPSA) is 34.1 Å². The quantitative estimate of drug-likeness (QED) is 0.544. The Balaban J connectivity index is 3.08. The molecule has 1 aromatic rings. The molecule has 1 rings (SSSR count). The van der Waals surface area contributed by atoms with E-state index in [0.717, 1.165) is 12.1 Å². The second kappa shape index (κ2) is 3.61. The number of hydrogen-bond donors (Lipinski definition) is 0. The van der Waals surface area contributed by atoms with Crippen molar-refractivity contribution in [3.63, 3.8) is 0 Å². The number of halogens is 3. The zero-order chi connectivity index (χ0) is 10.8. The van der Waals surface area contributed by atoms with E-state index in [1.807, 2.05) is 0 Å². The molecule has 0 saturated carbocycles. The molecule has 74 valence electrons. The van der Waals surface area contributed by atoms with E-state index >= 15 is 0 Å². The lowest BCUT2D eigenvalue weighted by molar-refractivity contribution is -0.0885. The van der Waals surface area contributed by atoms with Gasteiger partial charge in [0.15, 0.2) is 0 Å². The molecule has 0 bridgehead atoms. The minimum absolute atomic E-state index is 0.0418. The molecule has 0 aliphatic rings. The van der Waals surface area contributed by atoms with Crippen LogP contribution in [0.15, 0.2) is 24.3 Å². The van der Waals surface area contributed by atoms with Crippen LogP contribution in [0.4, 0.5) is 13.2 Å². The summed E-state index contributed by atoms with van der Waals surface area (Å²) in [6.45, 7) is 0. The van der Waals surface area contributed by atoms with Crippen molar-refractivity contribution in [2.45, 2.75) is 6.18 Å². The second-order valence-corrected chi connectivity index (χ2v) is 2.57. The van der Waals surface area contributed by atoms with Crippen LogP contribution in [0.2, 0.25) is 0 Å². The predicted octanol–water partition coefficient (Wildman–Crippen LogP) is 2.24. The molecule has 2 nitrogen and oxygen atoms in total. The Bertz CT molecular complexity index is 369. The van der Waals surface area contributed by atoms with Crippen molar-refractivity contribution in [2.75, 3.05) is 0 Å². The Morgan fingerprint density at radius 3 is 2.43 bits per heavy atom. The number of Topliss-reactive ketones (excluding diaryl/α,β-unsaturated/α-hetero) is 1. The number of hydrogen-bond acceptors (Lipinski definition) is 2. The lowest BCUT2D eigenvalue weighted by Gasteiger charge is -2.04. The molecule has 0 spiro atoms. The normalized spacial score (nSPS) is 11.1. The second-order valence-electron chi connectivity index (χ2n) is 2.57. The Morgan fingerprint density at radius 1 is 1.29 bits per heavy atom. The molecule has 1 aromatic carbocycles. The molecule has 0 radical (unpaired) electrons. The zero-order valence-electron chi connectivity index (χ0n) is 6.84. The molecule has 14 heavy (non-hydrogen) atoms. The van der Waals surface area contributed by atoms with Crippen molar-refractivity contribution in [1.29, 1.82) is 0 Å². The van der Waals surface area contributed by atoms with Crippen LogP contribution < -0.4 is 0 Å². The lowest BCUT2D eigenvalue weighted by Crippen LogP contribution is -2.22. The molecule has 0 amide bonds. The van der Waals surface area contributed by atoms with Crippen LogP contribution in [-0.2, 0) is 0 Å². The molecular weight excluding hydrogens is 197 g/mol. The van der Waals surface area contributed by atoms with Gasteiger partial charge < -0.3 is 0 Å². The minimum Gasteiger partial charge on any atom is -0.298 e. The Hall–Kier alpha value is -1.65. The molecule has 0 unspecified atom stereocenters. The molecular formula is C9H5F3O2. The predicted molar refractivity (Wildman–Crippen MR) is 42.2 cm³/mol. The van der Waals surface area contributed by atoms with Gasteiger partial charge in [-0.15, -0.1) is 0 Å². The number of alkyl halides is 3. The first kappa shape index (κ1) is 10.4. The highest BCUT2D eigenvalue weighted by atomic mass is 19.4. The number of ketones is 1. The molecule has 0 N–H and O–H groups in total. The van der Waals surface area contributed by atoms with E-state index < -0.39 is 17.5 Å². The summed E-state index contributed by atoms with van der Waals surface area (Å²) >= 11 is 0. The van der Waals surface area contributed by atoms with Gasteiger partial charge in [0.1, 0.15) is 6.29 Å². The number of rotatable bonds is 2. The molecule has 0 aromatic heterocycles. The fourth-order valence-electron chi connectivity index (χ4n) is 0.917. The van der Waals surface area contributed by atoms with E-state index in [1.165, 1.54) is 12.1 Å². The van der Waals surface area contributed by atoms with Crippen LogP contribution in [0.5, 0.6) is 0 Å². The molecule has 0 saturated heterocycles. The van der Waals surface area contributed by atoms with E-state index in [0.29, 0.717) is 6.29 Å². The highest BCUT2D eigenvalue weighted by Crippen LogP contribution is 2.21. The van der Waals surface area contributed by atoms with Crippen LogP contribution in [0.1, 0.15) is 20.7 Å². The number of benzene rings is 1. The van der Waals surface area contributed by atoms with E-state index in [9.17, 15) is 22.8 Å². The van der Waals surface area contributed by atoms with Gasteiger partial charge in [-0.25, -0.2) is 0 Å². The minimum atomic E-state index is -4.90. The zero-order valence-corrected chi connectivity index (χ0v) is 6.84. The standard InChI is InChI=1S/C9H5F3O2/c10-9(11,12)8(14)7-3-1-2-6(4-7)5-13/h1-5H. The van der Waals surface area contributed by atoms with Crippen molar-refractivity contribution < 1.29 is 22.8 Å². The SMILES string of the molecule is O=Cc1cccc(C(=O)C(F)(F)F)c1. The summed E-state index contributed by atoms with van der Waals surface area (Å²) in [6.07, 6.45) is -4.52. The third-order valence-electron chi connectivity index (χ3n) is 1.54. The lowest BCUT2D eigenvalue weighted by atomic mass is 10.1. The average Bonchev–Trinajstić information content (AvgIpc) is 2.15. The van der Waals surface area contributed by atoms with Crippen molar-refractivity contribution >= 4 is 12.1 Å². The van der Waals surface area contributed by atoms with Crippen LogP contribution in [-0.4, -0.2) is 18.2 Å². The number of aldehydes is 1. The smallest absolute Gasteiger partial charge is 0.298 e. The summed E-state index contributed by atoms with van der Waals surface area (Å²) in [7, 11) is 0. The van der Waals surface area contributed by atoms with Crippen molar-refractivity contribution in [2.24, 2.45) is 0 Å². The van der Waals surface area contributed by atoms with Gasteiger partial charge in [-0.05, 0) is 6.07 Å². The van der Waals surface area contributed by atoms with Gasteiger partial charge in [0, 0.05) is 11.1 Å². The summed E-state index contributed by atoms with van der Waals surface area (Å²) < 4.78 is 35.8. The molecule has 0 aliphatic heterocycles. The Labute approximate surface area is 77.3 Å². The van der Waals surface area contributed by atoms with E-state index in [4.69, 9.17) is 0 Å². The largest absolute Gasteiger partial charge is 0.454 e. The van der Waals surface area contributed by atoms with Gasteiger partial charge in [0.2, 0.25) is 0 Å². The Kier molecular flexibility index (Phi) is 2.69. The third kappa shape index (κ3) is 2.18. The molecule has 0 atom stereocenters. The molecule has 5 heteroatoms. The van der Waals surface area contributed by atoms with Gasteiger partial charge in [-0.1, -0.05) is 18.2 Å². The maximum absolute atomic E-state index is 11.9. The van der Waals surface area contributed by atoms with E-state index in [2.05, 4.69) is 0 Å². The van der Waals surface area contributed by atoms with Crippen LogP contribution in [0.3, 0.4) is 0 Å². The monoisotopic (exact) mass is 202 g/mol. The van der Waals surface area contributed by atoms with Crippen molar-refractivity contribution in [3.05, 3.63) is 35.4 Å². The fourth-order valence-corrected chi connectivity index (χ4v) is 0.917. The maximum atomic E-state index is 11.9. The number of carbonyl (C=O) groups excluding carboxylic acids is 2. The van der Waals surface area contributed by atoms with Crippen molar-refractivity contribution in [1.82, 2.24) is 0 Å². The molecule has 0 aliphatic carbocycles. The number of carbonyl (C=O) groups is 2. The van der Waals surface area contributed by atoms with Crippen LogP contribution in [0.25, 0.3) is 0 Å². The van der Waals surface area contributed by atoms with Gasteiger partial charge in [0.25, 0.3) is 5.78 Å². The van der Waals surface area contributed by atoms with E-state index in [-0.39, 0.29) is 5.56 Å². The summed E-state index contributed by atoms with van der Waals surface area (Å²) in [5, 5.41) is 0. The summed E-state index contributed by atoms with van der Waals surface area (Å²) in [5.41, 5.74) is -0.484. The summed E-state index contributed by atoms with van der Waals surface area (Å²) in [6, 6.07) is 4.47. The summed E-state index contributed by atoms with van der Waals surface area (Å²) in [4.78, 5) is 20.9. The first-order chi connectivity index (χ1) is 6.45. The van der Waals surface area contributed by atoms with E-state index in [1.54, 1.807) is 0 Å². The van der Waals surface area contributed by atoms with Crippen molar-refractivity contribution in [3.8, 4) is 0 Å². The van der Waals surface area contributed by atoms with Crippen LogP contribution in [0, 0.1) is 0 Å². The highest BCUT2D eigenvalue weighted by Gasteiger charge is 2.39. The van der Waals surface area contributed by atoms with Gasteiger partial charge >= 0.3 is 6.18 Å². The van der Waals surface area contributed by atoms with Crippen LogP contribution >= 0.6 is 0 Å². The first-order valence-corrected chi connectivity index (χ1v) is 3.62. The highest BCUT2D eigenvalue weighted by molar-refractivity contribution is 6.01. The Morgan fingerprint density at radius 2 is 1.93 bits per heavy atom. The van der Waals surface area contributed by atoms with Gasteiger partial charge in [0.05, 0.1) is 0 Å². The van der Waals surface area contributed by atoms with Gasteiger partial charge in [-0.2, -0.15) is 13.2 Å². The maximum Gasteiger partial charge on any atom is 0.454 e. The third-order valence-corrected chi connectivity index (χ3v) is 1.54.